The van der Waals surface area contributed by atoms with Crippen molar-refractivity contribution >= 4 is 11.8 Å². The predicted octanol–water partition coefficient (Wildman–Crippen LogP) is 1.62. The lowest BCUT2D eigenvalue weighted by Crippen LogP contribution is -1.85. The molecule has 3 N–H and O–H groups in total. The maximum Gasteiger partial charge on any atom is 0.145 e. The van der Waals surface area contributed by atoms with Gasteiger partial charge in [-0.2, -0.15) is 0 Å². The van der Waals surface area contributed by atoms with Crippen LogP contribution in [0.25, 0.3) is 6.08 Å². The molecule has 1 aromatic carbocycles. The van der Waals surface area contributed by atoms with Crippen LogP contribution in [0.1, 0.15) is 5.56 Å². The van der Waals surface area contributed by atoms with Crippen LogP contribution < -0.4 is 5.73 Å². The molecule has 0 radical (unpaired) electrons. The Hall–Kier alpha value is -1.44. The molecule has 1 rings (SSSR count). The maximum absolute atomic E-state index is 9.20. The van der Waals surface area contributed by atoms with Gasteiger partial charge in [0.25, 0.3) is 0 Å². The summed E-state index contributed by atoms with van der Waals surface area (Å²) in [6.07, 6.45) is 1.56. The molecule has 0 aliphatic rings. The number of hydrogen-bond acceptors (Lipinski definition) is 2. The van der Waals surface area contributed by atoms with Crippen LogP contribution in [-0.2, 0) is 0 Å². The van der Waals surface area contributed by atoms with Gasteiger partial charge in [0, 0.05) is 5.56 Å². The fourth-order valence-corrected chi connectivity index (χ4v) is 0.745. The molecule has 2 nitrogen and oxygen atoms in total. The lowest BCUT2D eigenvalue weighted by atomic mass is 10.2. The normalized spacial score (nSPS) is 9.20. The highest BCUT2D eigenvalue weighted by molar-refractivity contribution is 5.65. The largest absolute Gasteiger partial charge is 0.505 e. The molecule has 0 aromatic heterocycles. The van der Waals surface area contributed by atoms with E-state index in [0.717, 1.165) is 0 Å². The van der Waals surface area contributed by atoms with Crippen molar-refractivity contribution < 1.29 is 5.11 Å². The van der Waals surface area contributed by atoms with Crippen molar-refractivity contribution in [1.29, 1.82) is 0 Å². The summed E-state index contributed by atoms with van der Waals surface area (Å²) in [5.41, 5.74) is 6.45. The third-order valence-corrected chi connectivity index (χ3v) is 1.32. The second-order valence-corrected chi connectivity index (χ2v) is 1.99. The molecule has 0 heterocycles. The molecule has 0 amide bonds. The number of benzene rings is 1. The molecule has 0 fully saturated rings. The summed E-state index contributed by atoms with van der Waals surface area (Å²) in [6.45, 7) is 3.52. The number of rotatable bonds is 1. The predicted molar refractivity (Wildman–Crippen MR) is 42.6 cm³/mol. The third kappa shape index (κ3) is 0.957. The molecule has 0 saturated carbocycles. The summed E-state index contributed by atoms with van der Waals surface area (Å²) in [7, 11) is 0. The molecule has 1 aromatic rings. The molecule has 2 heteroatoms. The number of anilines is 1. The van der Waals surface area contributed by atoms with Crippen molar-refractivity contribution in [1.82, 2.24) is 0 Å². The minimum absolute atomic E-state index is 0.109. The highest BCUT2D eigenvalue weighted by Crippen LogP contribution is 2.24. The van der Waals surface area contributed by atoms with E-state index in [9.17, 15) is 5.11 Å². The van der Waals surface area contributed by atoms with Crippen LogP contribution >= 0.6 is 0 Å². The van der Waals surface area contributed by atoms with E-state index in [2.05, 4.69) is 6.58 Å². The van der Waals surface area contributed by atoms with E-state index < -0.39 is 0 Å². The van der Waals surface area contributed by atoms with Crippen molar-refractivity contribution in [2.24, 2.45) is 0 Å². The third-order valence-electron chi connectivity index (χ3n) is 1.32. The number of aromatic hydroxyl groups is 1. The Morgan fingerprint density at radius 3 is 2.70 bits per heavy atom. The van der Waals surface area contributed by atoms with Gasteiger partial charge < -0.3 is 10.8 Å². The average molecular weight is 135 g/mol. The molecule has 0 aliphatic carbocycles. The van der Waals surface area contributed by atoms with E-state index in [0.29, 0.717) is 11.3 Å². The Morgan fingerprint density at radius 2 is 2.20 bits per heavy atom. The van der Waals surface area contributed by atoms with Crippen molar-refractivity contribution in [3.8, 4) is 5.75 Å². The smallest absolute Gasteiger partial charge is 0.145 e. The van der Waals surface area contributed by atoms with Gasteiger partial charge in [-0.15, -0.1) is 0 Å². The van der Waals surface area contributed by atoms with Crippen molar-refractivity contribution in [3.63, 3.8) is 0 Å². The molecule has 0 aliphatic heterocycles. The first-order valence-corrected chi connectivity index (χ1v) is 2.95. The van der Waals surface area contributed by atoms with Gasteiger partial charge in [0.15, 0.2) is 0 Å². The number of phenolic OH excluding ortho intramolecular Hbond substituents is 1. The Labute approximate surface area is 59.6 Å². The zero-order valence-electron chi connectivity index (χ0n) is 5.54. The highest BCUT2D eigenvalue weighted by Gasteiger charge is 1.97. The highest BCUT2D eigenvalue weighted by atomic mass is 16.3. The van der Waals surface area contributed by atoms with Crippen LogP contribution in [0.15, 0.2) is 24.8 Å². The van der Waals surface area contributed by atoms with Gasteiger partial charge in [0.1, 0.15) is 5.75 Å². The Kier molecular flexibility index (Phi) is 1.63. The number of hydrogen-bond donors (Lipinski definition) is 2. The van der Waals surface area contributed by atoms with E-state index in [1.165, 1.54) is 0 Å². The second-order valence-electron chi connectivity index (χ2n) is 1.99. The first-order chi connectivity index (χ1) is 4.75. The molecule has 0 bridgehead atoms. The van der Waals surface area contributed by atoms with E-state index >= 15 is 0 Å². The van der Waals surface area contributed by atoms with Crippen molar-refractivity contribution in [3.05, 3.63) is 30.3 Å². The lowest BCUT2D eigenvalue weighted by molar-refractivity contribution is 0.477. The monoisotopic (exact) mass is 135 g/mol. The zero-order chi connectivity index (χ0) is 7.56. The van der Waals surface area contributed by atoms with Crippen LogP contribution in [-0.4, -0.2) is 5.11 Å². The molecule has 10 heavy (non-hydrogen) atoms. The minimum atomic E-state index is 0.109. The van der Waals surface area contributed by atoms with Crippen molar-refractivity contribution in [2.75, 3.05) is 5.73 Å². The number of nitrogens with two attached hydrogens (primary N) is 1. The fourth-order valence-electron chi connectivity index (χ4n) is 0.745. The van der Waals surface area contributed by atoms with E-state index in [-0.39, 0.29) is 5.75 Å². The van der Waals surface area contributed by atoms with Gasteiger partial charge in [-0.25, -0.2) is 0 Å². The summed E-state index contributed by atoms with van der Waals surface area (Å²) in [5.74, 6) is 0.109. The van der Waals surface area contributed by atoms with Crippen molar-refractivity contribution in [2.45, 2.75) is 0 Å². The molecule has 0 atom stereocenters. The van der Waals surface area contributed by atoms with Crippen LogP contribution in [0.2, 0.25) is 0 Å². The van der Waals surface area contributed by atoms with Gasteiger partial charge in [-0.1, -0.05) is 24.8 Å². The first-order valence-electron chi connectivity index (χ1n) is 2.95. The quantitative estimate of drug-likeness (QED) is 0.454. The van der Waals surface area contributed by atoms with Crippen LogP contribution in [0.4, 0.5) is 5.69 Å². The Bertz CT molecular complexity index is 255. The summed E-state index contributed by atoms with van der Waals surface area (Å²) < 4.78 is 0. The fraction of sp³-hybridized carbons (Fsp3) is 0. The molecule has 0 unspecified atom stereocenters. The summed E-state index contributed by atoms with van der Waals surface area (Å²) in [6, 6.07) is 5.16. The molecular formula is C8H9NO. The van der Waals surface area contributed by atoms with Gasteiger partial charge in [0.05, 0.1) is 5.69 Å². The van der Waals surface area contributed by atoms with Crippen LogP contribution in [0, 0.1) is 0 Å². The van der Waals surface area contributed by atoms with E-state index in [4.69, 9.17) is 5.73 Å². The van der Waals surface area contributed by atoms with Crippen LogP contribution in [0.5, 0.6) is 5.75 Å². The van der Waals surface area contributed by atoms with E-state index in [1.807, 2.05) is 0 Å². The molecular weight excluding hydrogens is 126 g/mol. The summed E-state index contributed by atoms with van der Waals surface area (Å²) in [5, 5.41) is 9.20. The molecule has 0 saturated heterocycles. The zero-order valence-corrected chi connectivity index (χ0v) is 5.54. The topological polar surface area (TPSA) is 46.2 Å². The lowest BCUT2D eigenvalue weighted by Gasteiger charge is -2.00. The SMILES string of the molecule is C=Cc1cccc(N)c1O. The molecule has 52 valence electrons. The number of phenols is 1. The molecule has 0 spiro atoms. The summed E-state index contributed by atoms with van der Waals surface area (Å²) in [4.78, 5) is 0. The first kappa shape index (κ1) is 6.68. The number of nitrogen functional groups attached to an aromatic ring is 1. The Balaban J connectivity index is 3.27. The average Bonchev–Trinajstić information content (AvgIpc) is 1.95. The van der Waals surface area contributed by atoms with Gasteiger partial charge in [-0.3, -0.25) is 0 Å². The van der Waals surface area contributed by atoms with E-state index in [1.54, 1.807) is 24.3 Å². The minimum Gasteiger partial charge on any atom is -0.505 e. The van der Waals surface area contributed by atoms with Crippen LogP contribution in [0.3, 0.4) is 0 Å². The Morgan fingerprint density at radius 1 is 1.50 bits per heavy atom. The standard InChI is InChI=1S/C8H9NO/c1-2-6-4-3-5-7(9)8(6)10/h2-5,10H,1,9H2. The number of para-hydroxylation sites is 1. The van der Waals surface area contributed by atoms with Gasteiger partial charge in [0.2, 0.25) is 0 Å². The van der Waals surface area contributed by atoms with Gasteiger partial charge in [-0.05, 0) is 6.07 Å². The summed E-state index contributed by atoms with van der Waals surface area (Å²) >= 11 is 0. The van der Waals surface area contributed by atoms with Gasteiger partial charge >= 0.3 is 0 Å². The second kappa shape index (κ2) is 2.43. The maximum atomic E-state index is 9.20.